The minimum atomic E-state index is -0.486. The molecule has 3 N–H and O–H groups in total. The van der Waals surface area contributed by atoms with Gasteiger partial charge in [-0.05, 0) is 38.5 Å². The molecular weight excluding hydrogens is 242 g/mol. The molecule has 2 rings (SSSR count). The van der Waals surface area contributed by atoms with Crippen molar-refractivity contribution in [3.8, 4) is 0 Å². The highest BCUT2D eigenvalue weighted by molar-refractivity contribution is 5.99. The quantitative estimate of drug-likeness (QED) is 0.866. The molecule has 19 heavy (non-hydrogen) atoms. The van der Waals surface area contributed by atoms with Crippen molar-refractivity contribution >= 4 is 23.2 Å². The Hall–Kier alpha value is -2.04. The van der Waals surface area contributed by atoms with E-state index >= 15 is 0 Å². The highest BCUT2D eigenvalue weighted by Gasteiger charge is 2.22. The summed E-state index contributed by atoms with van der Waals surface area (Å²) in [6, 6.07) is 5.52. The van der Waals surface area contributed by atoms with Crippen LogP contribution in [0.1, 0.15) is 37.0 Å². The Bertz CT molecular complexity index is 511. The molecule has 0 radical (unpaired) electrons. The van der Waals surface area contributed by atoms with E-state index in [4.69, 9.17) is 5.73 Å². The largest absolute Gasteiger partial charge is 0.383 e. The molecule has 1 aliphatic heterocycles. The Morgan fingerprint density at radius 1 is 1.37 bits per heavy atom. The van der Waals surface area contributed by atoms with E-state index in [0.717, 1.165) is 17.8 Å². The first-order valence-electron chi connectivity index (χ1n) is 6.49. The standard InChI is InChI=1S/C14H19N3O2/c1-9(2)16-11-6-10(14(15)19)7-12(8-11)17-5-3-4-13(17)18/h6-9,16H,3-5H2,1-2H3,(H2,15,19). The van der Waals surface area contributed by atoms with Gasteiger partial charge in [0.25, 0.3) is 0 Å². The molecule has 1 fully saturated rings. The highest BCUT2D eigenvalue weighted by atomic mass is 16.2. The third kappa shape index (κ3) is 3.05. The van der Waals surface area contributed by atoms with Crippen LogP contribution in [0.15, 0.2) is 18.2 Å². The van der Waals surface area contributed by atoms with Gasteiger partial charge in [0.1, 0.15) is 0 Å². The number of hydrogen-bond donors (Lipinski definition) is 2. The van der Waals surface area contributed by atoms with Gasteiger partial charge in [-0.25, -0.2) is 0 Å². The molecule has 0 bridgehead atoms. The van der Waals surface area contributed by atoms with Crippen LogP contribution in [0, 0.1) is 0 Å². The summed E-state index contributed by atoms with van der Waals surface area (Å²) in [6.45, 7) is 4.72. The van der Waals surface area contributed by atoms with Gasteiger partial charge in [0.05, 0.1) is 0 Å². The van der Waals surface area contributed by atoms with Crippen LogP contribution < -0.4 is 16.0 Å². The number of hydrogen-bond acceptors (Lipinski definition) is 3. The summed E-state index contributed by atoms with van der Waals surface area (Å²) in [4.78, 5) is 24.9. The number of amides is 2. The van der Waals surface area contributed by atoms with Crippen LogP contribution in [-0.4, -0.2) is 24.4 Å². The summed E-state index contributed by atoms with van der Waals surface area (Å²) < 4.78 is 0. The molecule has 0 spiro atoms. The average molecular weight is 261 g/mol. The van der Waals surface area contributed by atoms with Gasteiger partial charge >= 0.3 is 0 Å². The van der Waals surface area contributed by atoms with Gasteiger partial charge in [-0.1, -0.05) is 0 Å². The predicted octanol–water partition coefficient (Wildman–Crippen LogP) is 1.73. The molecule has 1 aromatic rings. The molecule has 1 aliphatic rings. The van der Waals surface area contributed by atoms with Crippen LogP contribution in [0.3, 0.4) is 0 Å². The van der Waals surface area contributed by atoms with Crippen LogP contribution in [0.4, 0.5) is 11.4 Å². The van der Waals surface area contributed by atoms with E-state index in [1.165, 1.54) is 0 Å². The van der Waals surface area contributed by atoms with Crippen molar-refractivity contribution in [2.75, 3.05) is 16.8 Å². The number of anilines is 2. The predicted molar refractivity (Wildman–Crippen MR) is 75.3 cm³/mol. The lowest BCUT2D eigenvalue weighted by Gasteiger charge is -2.19. The first-order chi connectivity index (χ1) is 8.97. The number of carbonyl (C=O) groups excluding carboxylic acids is 2. The highest BCUT2D eigenvalue weighted by Crippen LogP contribution is 2.26. The fourth-order valence-electron chi connectivity index (χ4n) is 2.25. The number of nitrogens with one attached hydrogen (secondary N) is 1. The van der Waals surface area contributed by atoms with Crippen LogP contribution in [0.25, 0.3) is 0 Å². The van der Waals surface area contributed by atoms with E-state index in [-0.39, 0.29) is 11.9 Å². The number of carbonyl (C=O) groups is 2. The van der Waals surface area contributed by atoms with Gasteiger partial charge < -0.3 is 16.0 Å². The molecule has 0 saturated carbocycles. The second-order valence-corrected chi connectivity index (χ2v) is 5.08. The lowest BCUT2D eigenvalue weighted by atomic mass is 10.1. The molecule has 102 valence electrons. The molecule has 0 unspecified atom stereocenters. The lowest BCUT2D eigenvalue weighted by molar-refractivity contribution is -0.117. The van der Waals surface area contributed by atoms with Crippen LogP contribution >= 0.6 is 0 Å². The molecule has 2 amide bonds. The molecule has 0 atom stereocenters. The number of nitrogens with zero attached hydrogens (tertiary/aromatic N) is 1. The molecule has 1 heterocycles. The minimum absolute atomic E-state index is 0.0946. The van der Waals surface area contributed by atoms with E-state index in [9.17, 15) is 9.59 Å². The van der Waals surface area contributed by atoms with E-state index in [1.807, 2.05) is 19.9 Å². The van der Waals surface area contributed by atoms with Gasteiger partial charge in [-0.15, -0.1) is 0 Å². The molecule has 1 saturated heterocycles. The van der Waals surface area contributed by atoms with Gasteiger partial charge in [-0.3, -0.25) is 9.59 Å². The molecule has 1 aromatic carbocycles. The fourth-order valence-corrected chi connectivity index (χ4v) is 2.25. The van der Waals surface area contributed by atoms with Crippen molar-refractivity contribution in [1.82, 2.24) is 0 Å². The fraction of sp³-hybridized carbons (Fsp3) is 0.429. The van der Waals surface area contributed by atoms with E-state index in [1.54, 1.807) is 17.0 Å². The molecule has 0 aliphatic carbocycles. The Labute approximate surface area is 112 Å². The van der Waals surface area contributed by atoms with Crippen molar-refractivity contribution < 1.29 is 9.59 Å². The number of primary amides is 1. The van der Waals surface area contributed by atoms with E-state index in [0.29, 0.717) is 18.5 Å². The van der Waals surface area contributed by atoms with Crippen molar-refractivity contribution in [3.05, 3.63) is 23.8 Å². The number of benzene rings is 1. The van der Waals surface area contributed by atoms with Crippen molar-refractivity contribution in [2.45, 2.75) is 32.7 Å². The Balaban J connectivity index is 2.39. The monoisotopic (exact) mass is 261 g/mol. The second-order valence-electron chi connectivity index (χ2n) is 5.08. The van der Waals surface area contributed by atoms with E-state index in [2.05, 4.69) is 5.32 Å². The van der Waals surface area contributed by atoms with Crippen molar-refractivity contribution in [1.29, 1.82) is 0 Å². The molecule has 0 aromatic heterocycles. The van der Waals surface area contributed by atoms with Crippen LogP contribution in [0.5, 0.6) is 0 Å². The summed E-state index contributed by atoms with van der Waals surface area (Å²) in [7, 11) is 0. The number of rotatable bonds is 4. The molecular formula is C14H19N3O2. The van der Waals surface area contributed by atoms with Gasteiger partial charge in [0, 0.05) is 35.9 Å². The smallest absolute Gasteiger partial charge is 0.248 e. The van der Waals surface area contributed by atoms with Crippen molar-refractivity contribution in [3.63, 3.8) is 0 Å². The topological polar surface area (TPSA) is 75.4 Å². The van der Waals surface area contributed by atoms with Gasteiger partial charge in [-0.2, -0.15) is 0 Å². The summed E-state index contributed by atoms with van der Waals surface area (Å²) >= 11 is 0. The summed E-state index contributed by atoms with van der Waals surface area (Å²) in [5, 5.41) is 3.23. The maximum atomic E-state index is 11.8. The minimum Gasteiger partial charge on any atom is -0.383 e. The zero-order valence-corrected chi connectivity index (χ0v) is 11.3. The third-order valence-corrected chi connectivity index (χ3v) is 3.04. The molecule has 5 heteroatoms. The maximum Gasteiger partial charge on any atom is 0.248 e. The van der Waals surface area contributed by atoms with Crippen molar-refractivity contribution in [2.24, 2.45) is 5.73 Å². The zero-order chi connectivity index (χ0) is 14.0. The summed E-state index contributed by atoms with van der Waals surface area (Å²) in [5.74, 6) is -0.391. The van der Waals surface area contributed by atoms with Gasteiger partial charge in [0.15, 0.2) is 0 Å². The zero-order valence-electron chi connectivity index (χ0n) is 11.3. The maximum absolute atomic E-state index is 11.8. The lowest BCUT2D eigenvalue weighted by Crippen LogP contribution is -2.24. The third-order valence-electron chi connectivity index (χ3n) is 3.04. The van der Waals surface area contributed by atoms with Crippen LogP contribution in [0.2, 0.25) is 0 Å². The number of nitrogens with two attached hydrogens (primary N) is 1. The Morgan fingerprint density at radius 3 is 2.63 bits per heavy atom. The second kappa shape index (κ2) is 5.30. The summed E-state index contributed by atoms with van der Waals surface area (Å²) in [5.41, 5.74) is 7.31. The van der Waals surface area contributed by atoms with Gasteiger partial charge in [0.2, 0.25) is 11.8 Å². The van der Waals surface area contributed by atoms with E-state index < -0.39 is 5.91 Å². The Morgan fingerprint density at radius 2 is 2.11 bits per heavy atom. The normalized spacial score (nSPS) is 15.1. The van der Waals surface area contributed by atoms with Crippen LogP contribution in [-0.2, 0) is 4.79 Å². The SMILES string of the molecule is CC(C)Nc1cc(C(N)=O)cc(N2CCCC2=O)c1. The summed E-state index contributed by atoms with van der Waals surface area (Å²) in [6.07, 6.45) is 1.42. The first kappa shape index (κ1) is 13.4. The molecule has 5 nitrogen and oxygen atoms in total. The average Bonchev–Trinajstić information content (AvgIpc) is 2.74. The Kier molecular flexibility index (Phi) is 3.74. The first-order valence-corrected chi connectivity index (χ1v) is 6.49.